The highest BCUT2D eigenvalue weighted by molar-refractivity contribution is 7.19. The lowest BCUT2D eigenvalue weighted by Crippen LogP contribution is -2.32. The molecule has 0 fully saturated rings. The molecule has 0 amide bonds. The molecule has 0 atom stereocenters. The topological polar surface area (TPSA) is 71.8 Å². The summed E-state index contributed by atoms with van der Waals surface area (Å²) in [5.74, 6) is 0.613. The summed E-state index contributed by atoms with van der Waals surface area (Å²) < 4.78 is 9.21. The Morgan fingerprint density at radius 2 is 2.15 bits per heavy atom. The number of aromatic nitrogens is 2. The quantitative estimate of drug-likeness (QED) is 0.534. The lowest BCUT2D eigenvalue weighted by atomic mass is 10.3. The average molecular weight is 393 g/mol. The first-order valence-electron chi connectivity index (χ1n) is 8.46. The molecule has 27 heavy (non-hydrogen) atoms. The van der Waals surface area contributed by atoms with Crippen LogP contribution in [0.15, 0.2) is 51.9 Å². The van der Waals surface area contributed by atoms with Crippen LogP contribution < -0.4 is 14.8 Å². The second-order valence-corrected chi connectivity index (χ2v) is 7.92. The van der Waals surface area contributed by atoms with Crippen molar-refractivity contribution in [3.63, 3.8) is 0 Å². The van der Waals surface area contributed by atoms with Crippen LogP contribution in [-0.2, 0) is 6.54 Å². The molecule has 5 nitrogen and oxygen atoms in total. The molecular weight excluding hydrogens is 378 g/mol. The van der Waals surface area contributed by atoms with Crippen molar-refractivity contribution in [2.45, 2.75) is 19.9 Å². The lowest BCUT2D eigenvalue weighted by Gasteiger charge is -1.99. The Morgan fingerprint density at radius 3 is 2.85 bits per heavy atom. The van der Waals surface area contributed by atoms with Gasteiger partial charge in [-0.15, -0.1) is 22.7 Å². The molecule has 0 saturated heterocycles. The van der Waals surface area contributed by atoms with E-state index < -0.39 is 0 Å². The largest absolute Gasteiger partial charge is 0.465 e. The second-order valence-electron chi connectivity index (χ2n) is 5.86. The highest BCUT2D eigenvalue weighted by Crippen LogP contribution is 2.25. The van der Waals surface area contributed by atoms with Crippen molar-refractivity contribution in [2.24, 2.45) is 0 Å². The third-order valence-electron chi connectivity index (χ3n) is 4.00. The minimum Gasteiger partial charge on any atom is -0.465 e. The van der Waals surface area contributed by atoms with Gasteiger partial charge in [-0.25, -0.2) is 4.98 Å². The van der Waals surface area contributed by atoms with Crippen LogP contribution >= 0.6 is 22.7 Å². The van der Waals surface area contributed by atoms with Crippen molar-refractivity contribution in [2.75, 3.05) is 0 Å². The van der Waals surface area contributed by atoms with Crippen LogP contribution in [0.1, 0.15) is 24.1 Å². The van der Waals surface area contributed by atoms with Gasteiger partial charge in [0.05, 0.1) is 21.0 Å². The molecule has 0 radical (unpaired) electrons. The number of benzene rings is 1. The van der Waals surface area contributed by atoms with Gasteiger partial charge in [0.15, 0.2) is 0 Å². The van der Waals surface area contributed by atoms with Gasteiger partial charge >= 0.3 is 0 Å². The molecule has 1 aromatic carbocycles. The molecule has 0 saturated carbocycles. The van der Waals surface area contributed by atoms with Crippen LogP contribution in [0.5, 0.6) is 0 Å². The van der Waals surface area contributed by atoms with Gasteiger partial charge in [0.2, 0.25) is 0 Å². The number of nitriles is 1. The molecule has 0 spiro atoms. The van der Waals surface area contributed by atoms with Crippen LogP contribution in [0, 0.1) is 11.3 Å². The Hall–Kier alpha value is -2.95. The molecule has 0 aliphatic heterocycles. The van der Waals surface area contributed by atoms with Gasteiger partial charge < -0.3 is 4.42 Å². The van der Waals surface area contributed by atoms with E-state index in [2.05, 4.69) is 11.1 Å². The van der Waals surface area contributed by atoms with E-state index in [1.54, 1.807) is 29.0 Å². The fourth-order valence-electron chi connectivity index (χ4n) is 2.80. The van der Waals surface area contributed by atoms with Gasteiger partial charge in [-0.05, 0) is 30.7 Å². The van der Waals surface area contributed by atoms with Crippen LogP contribution in [-0.4, -0.2) is 9.55 Å². The van der Waals surface area contributed by atoms with Crippen molar-refractivity contribution in [3.8, 4) is 6.07 Å². The number of hydrogen-bond acceptors (Lipinski definition) is 6. The molecule has 0 unspecified atom stereocenters. The Bertz CT molecular complexity index is 1290. The third kappa shape index (κ3) is 3.25. The maximum Gasteiger partial charge on any atom is 0.269 e. The van der Waals surface area contributed by atoms with Crippen LogP contribution in [0.3, 0.4) is 0 Å². The maximum absolute atomic E-state index is 12.9. The first-order valence-corrected chi connectivity index (χ1v) is 10.1. The molecule has 4 aromatic rings. The number of nitrogens with zero attached hydrogens (tertiary/aromatic N) is 3. The van der Waals surface area contributed by atoms with Crippen molar-refractivity contribution >= 4 is 44.5 Å². The molecule has 0 bridgehead atoms. The van der Waals surface area contributed by atoms with E-state index in [9.17, 15) is 10.1 Å². The molecule has 0 aliphatic carbocycles. The predicted molar refractivity (Wildman–Crippen MR) is 108 cm³/mol. The van der Waals surface area contributed by atoms with E-state index >= 15 is 0 Å². The smallest absolute Gasteiger partial charge is 0.269 e. The number of fused-ring (bicyclic) bond motifs is 1. The van der Waals surface area contributed by atoms with E-state index in [0.717, 1.165) is 16.6 Å². The van der Waals surface area contributed by atoms with E-state index in [-0.39, 0.29) is 5.56 Å². The minimum absolute atomic E-state index is 0.109. The highest BCUT2D eigenvalue weighted by atomic mass is 32.1. The Kier molecular flexibility index (Phi) is 4.75. The Balaban J connectivity index is 2.02. The summed E-state index contributed by atoms with van der Waals surface area (Å²) in [5.41, 5.74) is 1.18. The van der Waals surface area contributed by atoms with E-state index in [1.165, 1.54) is 22.7 Å². The molecule has 0 aliphatic rings. The Morgan fingerprint density at radius 1 is 1.30 bits per heavy atom. The minimum atomic E-state index is -0.109. The fourth-order valence-corrected chi connectivity index (χ4v) is 4.94. The number of para-hydroxylation sites is 1. The third-order valence-corrected chi connectivity index (χ3v) is 6.19. The first-order chi connectivity index (χ1) is 13.2. The van der Waals surface area contributed by atoms with Crippen molar-refractivity contribution in [3.05, 3.63) is 73.0 Å². The van der Waals surface area contributed by atoms with E-state index in [0.29, 0.717) is 32.1 Å². The first kappa shape index (κ1) is 17.5. The summed E-state index contributed by atoms with van der Waals surface area (Å²) in [7, 11) is 0. The standard InChI is InChI=1S/C20H15N3O2S2/c1-2-9-23-19(24)17(11-13-6-5-10-25-13)27-20(23)14(12-21)18-22-15-7-3-4-8-16(15)26-18/h3-8,10-11H,2,9H2,1H3/b17-11+,20-14-. The molecule has 3 heterocycles. The summed E-state index contributed by atoms with van der Waals surface area (Å²) in [6, 6.07) is 13.6. The number of hydrogen-bond donors (Lipinski definition) is 0. The normalized spacial score (nSPS) is 13.1. The SMILES string of the molecule is CCCn1c(=O)/c(=C\c2ccco2)s/c1=C(/C#N)c1nc2ccccc2s1. The zero-order valence-corrected chi connectivity index (χ0v) is 16.1. The Labute approximate surface area is 162 Å². The predicted octanol–water partition coefficient (Wildman–Crippen LogP) is 3.07. The van der Waals surface area contributed by atoms with Crippen molar-refractivity contribution in [1.82, 2.24) is 9.55 Å². The van der Waals surface area contributed by atoms with Crippen LogP contribution in [0.4, 0.5) is 0 Å². The van der Waals surface area contributed by atoms with Crippen LogP contribution in [0.2, 0.25) is 0 Å². The summed E-state index contributed by atoms with van der Waals surface area (Å²) in [6.45, 7) is 2.56. The van der Waals surface area contributed by atoms with Gasteiger partial charge in [-0.1, -0.05) is 19.1 Å². The molecular formula is C20H15N3O2S2. The summed E-state index contributed by atoms with van der Waals surface area (Å²) in [6.07, 6.45) is 4.08. The maximum atomic E-state index is 12.9. The second kappa shape index (κ2) is 7.35. The zero-order chi connectivity index (χ0) is 18.8. The number of thiazole rings is 2. The summed E-state index contributed by atoms with van der Waals surface area (Å²) >= 11 is 2.77. The summed E-state index contributed by atoms with van der Waals surface area (Å²) in [5, 5.41) is 10.5. The highest BCUT2D eigenvalue weighted by Gasteiger charge is 2.14. The van der Waals surface area contributed by atoms with Crippen LogP contribution in [0.25, 0.3) is 21.9 Å². The van der Waals surface area contributed by atoms with Gasteiger partial charge in [-0.2, -0.15) is 5.26 Å². The number of rotatable bonds is 4. The fraction of sp³-hybridized carbons (Fsp3) is 0.150. The van der Waals surface area contributed by atoms with E-state index in [1.807, 2.05) is 31.2 Å². The molecule has 4 rings (SSSR count). The summed E-state index contributed by atoms with van der Waals surface area (Å²) in [4.78, 5) is 17.5. The average Bonchev–Trinajstić information content (AvgIpc) is 3.39. The monoisotopic (exact) mass is 393 g/mol. The molecule has 0 N–H and O–H groups in total. The van der Waals surface area contributed by atoms with Gasteiger partial charge in [0.25, 0.3) is 5.56 Å². The van der Waals surface area contributed by atoms with Crippen molar-refractivity contribution < 1.29 is 4.42 Å². The van der Waals surface area contributed by atoms with Gasteiger partial charge in [-0.3, -0.25) is 9.36 Å². The van der Waals surface area contributed by atoms with Gasteiger partial charge in [0.1, 0.15) is 27.1 Å². The number of furan rings is 1. The zero-order valence-electron chi connectivity index (χ0n) is 14.5. The molecule has 3 aromatic heterocycles. The molecule has 7 heteroatoms. The van der Waals surface area contributed by atoms with Crippen molar-refractivity contribution in [1.29, 1.82) is 5.26 Å². The van der Waals surface area contributed by atoms with E-state index in [4.69, 9.17) is 4.42 Å². The van der Waals surface area contributed by atoms with Gasteiger partial charge in [0, 0.05) is 12.6 Å². The lowest BCUT2D eigenvalue weighted by molar-refractivity contribution is 0.556. The molecule has 134 valence electrons.